The molecule has 3 aliphatic rings. The van der Waals surface area contributed by atoms with Crippen molar-refractivity contribution >= 4 is 21.6 Å². The van der Waals surface area contributed by atoms with Gasteiger partial charge in [0, 0.05) is 25.3 Å². The molecule has 4 rings (SSSR count). The van der Waals surface area contributed by atoms with Gasteiger partial charge in [0.15, 0.2) is 0 Å². The number of carbonyl (C=O) groups is 1. The molecule has 1 amide bonds. The highest BCUT2D eigenvalue weighted by atomic mass is 32.2. The number of sulfonamides is 1. The van der Waals surface area contributed by atoms with Gasteiger partial charge in [0.2, 0.25) is 15.9 Å². The SMILES string of the molecule is O=C(CN1CC[C@@H]2CCCC[C@@H]2C1)Nc1cccc(S(=O)(=O)N2CCCC2)c1. The molecule has 2 saturated heterocycles. The summed E-state index contributed by atoms with van der Waals surface area (Å²) < 4.78 is 27.0. The van der Waals surface area contributed by atoms with Gasteiger partial charge in [0.1, 0.15) is 0 Å². The fourth-order valence-electron chi connectivity index (χ4n) is 5.04. The molecule has 28 heavy (non-hydrogen) atoms. The van der Waals surface area contributed by atoms with Crippen LogP contribution in [0.5, 0.6) is 0 Å². The summed E-state index contributed by atoms with van der Waals surface area (Å²) in [5.41, 5.74) is 0.554. The first kappa shape index (κ1) is 19.9. The van der Waals surface area contributed by atoms with Crippen LogP contribution in [0.15, 0.2) is 29.2 Å². The number of hydrogen-bond acceptors (Lipinski definition) is 4. The van der Waals surface area contributed by atoms with Gasteiger partial charge in [-0.2, -0.15) is 4.31 Å². The number of fused-ring (bicyclic) bond motifs is 1. The third kappa shape index (κ3) is 4.42. The Morgan fingerprint density at radius 3 is 2.54 bits per heavy atom. The smallest absolute Gasteiger partial charge is 0.243 e. The first-order valence-electron chi connectivity index (χ1n) is 10.6. The molecule has 3 fully saturated rings. The number of hydrogen-bond donors (Lipinski definition) is 1. The summed E-state index contributed by atoms with van der Waals surface area (Å²) in [5, 5.41) is 2.90. The molecule has 154 valence electrons. The Kier molecular flexibility index (Phi) is 6.04. The molecule has 0 spiro atoms. The summed E-state index contributed by atoms with van der Waals surface area (Å²) >= 11 is 0. The van der Waals surface area contributed by atoms with Gasteiger partial charge in [-0.15, -0.1) is 0 Å². The van der Waals surface area contributed by atoms with Crippen molar-refractivity contribution in [3.8, 4) is 0 Å². The van der Waals surface area contributed by atoms with Crippen LogP contribution in [0.4, 0.5) is 5.69 Å². The highest BCUT2D eigenvalue weighted by molar-refractivity contribution is 7.89. The summed E-state index contributed by atoms with van der Waals surface area (Å²) in [5.74, 6) is 1.52. The minimum atomic E-state index is -3.47. The molecule has 2 atom stereocenters. The fourth-order valence-corrected chi connectivity index (χ4v) is 6.60. The summed E-state index contributed by atoms with van der Waals surface area (Å²) in [4.78, 5) is 15.1. The Morgan fingerprint density at radius 2 is 1.75 bits per heavy atom. The van der Waals surface area contributed by atoms with Crippen molar-refractivity contribution in [2.45, 2.75) is 49.8 Å². The van der Waals surface area contributed by atoms with Gasteiger partial charge in [0.05, 0.1) is 11.4 Å². The van der Waals surface area contributed by atoms with E-state index >= 15 is 0 Å². The van der Waals surface area contributed by atoms with Crippen molar-refractivity contribution in [2.75, 3.05) is 38.0 Å². The van der Waals surface area contributed by atoms with E-state index in [1.165, 1.54) is 36.4 Å². The zero-order valence-electron chi connectivity index (χ0n) is 16.5. The number of likely N-dealkylation sites (tertiary alicyclic amines) is 1. The van der Waals surface area contributed by atoms with Gasteiger partial charge in [-0.3, -0.25) is 9.69 Å². The lowest BCUT2D eigenvalue weighted by molar-refractivity contribution is -0.118. The number of piperidine rings is 1. The van der Waals surface area contributed by atoms with Crippen molar-refractivity contribution in [1.82, 2.24) is 9.21 Å². The molecule has 1 aromatic rings. The zero-order valence-corrected chi connectivity index (χ0v) is 17.3. The zero-order chi connectivity index (χ0) is 19.6. The van der Waals surface area contributed by atoms with E-state index in [2.05, 4.69) is 10.2 Å². The Morgan fingerprint density at radius 1 is 1.00 bits per heavy atom. The van der Waals surface area contributed by atoms with Crippen LogP contribution >= 0.6 is 0 Å². The number of nitrogens with one attached hydrogen (secondary N) is 1. The summed E-state index contributed by atoms with van der Waals surface area (Å²) in [6.45, 7) is 3.54. The van der Waals surface area contributed by atoms with Gasteiger partial charge >= 0.3 is 0 Å². The lowest BCUT2D eigenvalue weighted by Crippen LogP contribution is -2.44. The van der Waals surface area contributed by atoms with E-state index in [1.807, 2.05) is 0 Å². The van der Waals surface area contributed by atoms with E-state index in [1.54, 1.807) is 24.3 Å². The third-order valence-electron chi connectivity index (χ3n) is 6.56. The lowest BCUT2D eigenvalue weighted by Gasteiger charge is -2.41. The van der Waals surface area contributed by atoms with Crippen molar-refractivity contribution in [1.29, 1.82) is 0 Å². The van der Waals surface area contributed by atoms with Crippen molar-refractivity contribution in [2.24, 2.45) is 11.8 Å². The molecule has 1 aromatic carbocycles. The van der Waals surface area contributed by atoms with Crippen molar-refractivity contribution in [3.05, 3.63) is 24.3 Å². The maximum Gasteiger partial charge on any atom is 0.243 e. The fraction of sp³-hybridized carbons (Fsp3) is 0.667. The number of amides is 1. The highest BCUT2D eigenvalue weighted by Gasteiger charge is 2.32. The van der Waals surface area contributed by atoms with E-state index in [9.17, 15) is 13.2 Å². The predicted octanol–water partition coefficient (Wildman–Crippen LogP) is 2.92. The van der Waals surface area contributed by atoms with Crippen LogP contribution in [-0.4, -0.2) is 56.3 Å². The van der Waals surface area contributed by atoms with Crippen LogP contribution in [0.1, 0.15) is 44.9 Å². The molecule has 1 aliphatic carbocycles. The molecule has 6 nitrogen and oxygen atoms in total. The second kappa shape index (κ2) is 8.51. The lowest BCUT2D eigenvalue weighted by atomic mass is 9.75. The molecule has 2 aliphatic heterocycles. The minimum Gasteiger partial charge on any atom is -0.325 e. The van der Waals surface area contributed by atoms with Crippen LogP contribution < -0.4 is 5.32 Å². The van der Waals surface area contributed by atoms with Crippen LogP contribution in [0.2, 0.25) is 0 Å². The molecular formula is C21H31N3O3S. The molecule has 1 saturated carbocycles. The van der Waals surface area contributed by atoms with Gasteiger partial charge < -0.3 is 5.32 Å². The van der Waals surface area contributed by atoms with Gasteiger partial charge in [-0.05, 0) is 62.3 Å². The van der Waals surface area contributed by atoms with Crippen LogP contribution in [0.25, 0.3) is 0 Å². The molecule has 1 N–H and O–H groups in total. The standard InChI is InChI=1S/C21H31N3O3S/c25-21(16-23-13-10-17-6-1-2-7-18(17)15-23)22-19-8-5-9-20(14-19)28(26,27)24-11-3-4-12-24/h5,8-9,14,17-18H,1-4,6-7,10-13,15-16H2,(H,22,25)/t17-,18+/m0/s1. The van der Waals surface area contributed by atoms with E-state index in [0.717, 1.165) is 37.8 Å². The average Bonchev–Trinajstić information content (AvgIpc) is 3.24. The minimum absolute atomic E-state index is 0.0648. The highest BCUT2D eigenvalue weighted by Crippen LogP contribution is 2.35. The molecule has 7 heteroatoms. The molecule has 0 bridgehead atoms. The second-order valence-corrected chi connectivity index (χ2v) is 10.5. The Labute approximate surface area is 168 Å². The topological polar surface area (TPSA) is 69.7 Å². The van der Waals surface area contributed by atoms with Gasteiger partial charge in [0.25, 0.3) is 0 Å². The molecule has 2 heterocycles. The number of benzene rings is 1. The normalized spacial score (nSPS) is 26.7. The Bertz CT molecular complexity index is 805. The van der Waals surface area contributed by atoms with E-state index in [4.69, 9.17) is 0 Å². The van der Waals surface area contributed by atoms with Crippen molar-refractivity contribution < 1.29 is 13.2 Å². The largest absolute Gasteiger partial charge is 0.325 e. The summed E-state index contributed by atoms with van der Waals surface area (Å²) in [6, 6.07) is 6.65. The molecular weight excluding hydrogens is 374 g/mol. The molecule has 0 unspecified atom stereocenters. The Balaban J connectivity index is 1.36. The number of nitrogens with zero attached hydrogens (tertiary/aromatic N) is 2. The monoisotopic (exact) mass is 405 g/mol. The van der Waals surface area contributed by atoms with Gasteiger partial charge in [-0.1, -0.05) is 25.3 Å². The first-order valence-corrected chi connectivity index (χ1v) is 12.1. The molecule has 0 radical (unpaired) electrons. The summed E-state index contributed by atoms with van der Waals surface area (Å²) in [7, 11) is -3.47. The molecule has 0 aromatic heterocycles. The van der Waals surface area contributed by atoms with Crippen LogP contribution in [0, 0.1) is 11.8 Å². The van der Waals surface area contributed by atoms with Crippen LogP contribution in [-0.2, 0) is 14.8 Å². The van der Waals surface area contributed by atoms with Crippen molar-refractivity contribution in [3.63, 3.8) is 0 Å². The predicted molar refractivity (Wildman–Crippen MR) is 110 cm³/mol. The second-order valence-electron chi connectivity index (χ2n) is 8.52. The van der Waals surface area contributed by atoms with E-state index in [-0.39, 0.29) is 10.8 Å². The summed E-state index contributed by atoms with van der Waals surface area (Å²) in [6.07, 6.45) is 8.34. The quantitative estimate of drug-likeness (QED) is 0.818. The maximum absolute atomic E-state index is 12.7. The maximum atomic E-state index is 12.7. The number of anilines is 1. The van der Waals surface area contributed by atoms with E-state index in [0.29, 0.717) is 25.3 Å². The average molecular weight is 406 g/mol. The van der Waals surface area contributed by atoms with Gasteiger partial charge in [-0.25, -0.2) is 8.42 Å². The number of carbonyl (C=O) groups excluding carboxylic acids is 1. The van der Waals surface area contributed by atoms with E-state index < -0.39 is 10.0 Å². The third-order valence-corrected chi connectivity index (χ3v) is 8.46. The first-order chi connectivity index (χ1) is 13.5. The van der Waals surface area contributed by atoms with Crippen LogP contribution in [0.3, 0.4) is 0 Å². The Hall–Kier alpha value is -1.44. The number of rotatable bonds is 5.